The van der Waals surface area contributed by atoms with E-state index < -0.39 is 33.6 Å². The zero-order chi connectivity index (χ0) is 27.1. The van der Waals surface area contributed by atoms with Crippen LogP contribution >= 0.6 is 0 Å². The number of carbonyl (C=O) groups is 2. The zero-order valence-electron chi connectivity index (χ0n) is 21.3. The molecule has 2 unspecified atom stereocenters. The summed E-state index contributed by atoms with van der Waals surface area (Å²) in [6, 6.07) is 8.18. The van der Waals surface area contributed by atoms with Gasteiger partial charge >= 0.3 is 5.97 Å². The second-order valence-corrected chi connectivity index (χ2v) is 10.9. The number of sulfonamides is 1. The summed E-state index contributed by atoms with van der Waals surface area (Å²) in [5.41, 5.74) is 2.17. The molecule has 1 aliphatic heterocycles. The Morgan fingerprint density at radius 2 is 1.89 bits per heavy atom. The summed E-state index contributed by atoms with van der Waals surface area (Å²) in [7, 11) is -4.31. The van der Waals surface area contributed by atoms with Gasteiger partial charge in [0, 0.05) is 12.7 Å². The van der Waals surface area contributed by atoms with Gasteiger partial charge in [0.1, 0.15) is 11.9 Å². The maximum absolute atomic E-state index is 13.5. The number of nitrogens with zero attached hydrogens (tertiary/aromatic N) is 1. The van der Waals surface area contributed by atoms with Crippen LogP contribution in [0.4, 0.5) is 5.82 Å². The van der Waals surface area contributed by atoms with Crippen LogP contribution < -0.4 is 20.8 Å². The molecule has 2 heterocycles. The summed E-state index contributed by atoms with van der Waals surface area (Å²) < 4.78 is 29.4. The van der Waals surface area contributed by atoms with Crippen molar-refractivity contribution in [2.24, 2.45) is 0 Å². The molecule has 2 aromatic rings. The summed E-state index contributed by atoms with van der Waals surface area (Å²) >= 11 is 0. The lowest BCUT2D eigenvalue weighted by molar-refractivity contribution is -0.149. The third-order valence-corrected chi connectivity index (χ3v) is 7.93. The van der Waals surface area contributed by atoms with Gasteiger partial charge in [0.2, 0.25) is 21.6 Å². The highest BCUT2D eigenvalue weighted by molar-refractivity contribution is 7.89. The van der Waals surface area contributed by atoms with Crippen LogP contribution in [0.1, 0.15) is 48.8 Å². The van der Waals surface area contributed by atoms with E-state index >= 15 is 0 Å². The number of hydrogen-bond acceptors (Lipinski definition) is 8. The Balaban J connectivity index is 1.78. The summed E-state index contributed by atoms with van der Waals surface area (Å²) in [4.78, 5) is 34.7. The smallest absolute Gasteiger partial charge is 0.345 e. The average Bonchev–Trinajstić information content (AvgIpc) is 3.36. The molecular formula is C25H35N5O6S. The van der Waals surface area contributed by atoms with Crippen LogP contribution in [-0.2, 0) is 24.4 Å². The van der Waals surface area contributed by atoms with Crippen LogP contribution in [0.3, 0.4) is 0 Å². The lowest BCUT2D eigenvalue weighted by atomic mass is 10.0. The number of carbonyl (C=O) groups excluding carboxylic acids is 1. The molecule has 1 fully saturated rings. The lowest BCUT2D eigenvalue weighted by Crippen LogP contribution is -2.67. The van der Waals surface area contributed by atoms with E-state index in [2.05, 4.69) is 25.8 Å². The van der Waals surface area contributed by atoms with E-state index in [4.69, 9.17) is 4.84 Å². The molecule has 3 rings (SSSR count). The largest absolute Gasteiger partial charge is 0.478 e. The van der Waals surface area contributed by atoms with Crippen LogP contribution in [0.5, 0.6) is 0 Å². The van der Waals surface area contributed by atoms with E-state index in [1.54, 1.807) is 32.2 Å². The molecule has 0 bridgehead atoms. The summed E-state index contributed by atoms with van der Waals surface area (Å²) in [6.45, 7) is 6.06. The maximum atomic E-state index is 13.5. The first-order valence-electron chi connectivity index (χ1n) is 12.2. The molecule has 1 amide bonds. The number of anilines is 1. The fourth-order valence-corrected chi connectivity index (χ4v) is 6.23. The first kappa shape index (κ1) is 28.5. The second kappa shape index (κ2) is 12.5. The third-order valence-electron chi connectivity index (χ3n) is 6.13. The Morgan fingerprint density at radius 3 is 2.49 bits per heavy atom. The highest BCUT2D eigenvalue weighted by Crippen LogP contribution is 2.25. The minimum atomic E-state index is -4.31. The monoisotopic (exact) mass is 533 g/mol. The molecule has 202 valence electrons. The summed E-state index contributed by atoms with van der Waals surface area (Å²) in [6.07, 6.45) is 3.51. The molecule has 1 saturated heterocycles. The Hall–Kier alpha value is -3.06. The number of pyridine rings is 1. The predicted molar refractivity (Wildman–Crippen MR) is 138 cm³/mol. The number of carboxylic acid groups (broad SMARTS) is 1. The van der Waals surface area contributed by atoms with Crippen molar-refractivity contribution in [1.29, 1.82) is 0 Å². The van der Waals surface area contributed by atoms with E-state index in [1.807, 2.05) is 25.1 Å². The average molecular weight is 534 g/mol. The molecule has 1 aromatic heterocycles. The van der Waals surface area contributed by atoms with Gasteiger partial charge in [-0.3, -0.25) is 4.79 Å². The van der Waals surface area contributed by atoms with Gasteiger partial charge in [0.25, 0.3) is 0 Å². The van der Waals surface area contributed by atoms with E-state index in [-0.39, 0.29) is 17.9 Å². The minimum Gasteiger partial charge on any atom is -0.478 e. The van der Waals surface area contributed by atoms with E-state index in [9.17, 15) is 23.1 Å². The molecule has 5 N–H and O–H groups in total. The zero-order valence-corrected chi connectivity index (χ0v) is 22.2. The molecule has 1 aromatic carbocycles. The van der Waals surface area contributed by atoms with Crippen molar-refractivity contribution in [2.75, 3.05) is 18.5 Å². The quantitative estimate of drug-likeness (QED) is 0.192. The number of hydroxylamine groups is 1. The Labute approximate surface area is 217 Å². The standard InChI is InChI=1S/C25H35N5O6S/c1-17-15-18(2)22(19(3)16-17)37(34,35)30-25(24(32)33,28-23(31)20-10-14-36-29-20)11-6-4-7-12-26-21-9-5-8-13-27-21/h5,8-9,13,15-16,20,29-30H,4,6-7,10-12,14H2,1-3H3,(H,26,27)(H,28,31)(H,32,33). The van der Waals surface area contributed by atoms with Crippen molar-refractivity contribution in [2.45, 2.75) is 69.5 Å². The van der Waals surface area contributed by atoms with Crippen molar-refractivity contribution < 1.29 is 28.0 Å². The van der Waals surface area contributed by atoms with E-state index in [1.165, 1.54) is 0 Å². The topological polar surface area (TPSA) is 159 Å². The molecule has 0 saturated carbocycles. The number of unbranched alkanes of at least 4 members (excludes halogenated alkanes) is 2. The highest BCUT2D eigenvalue weighted by Gasteiger charge is 2.45. The van der Waals surface area contributed by atoms with Gasteiger partial charge < -0.3 is 20.6 Å². The van der Waals surface area contributed by atoms with E-state index in [0.29, 0.717) is 43.4 Å². The minimum absolute atomic E-state index is 0.000130. The number of carboxylic acids is 1. The van der Waals surface area contributed by atoms with Crippen LogP contribution in [0.15, 0.2) is 41.4 Å². The number of amides is 1. The number of hydrogen-bond donors (Lipinski definition) is 5. The van der Waals surface area contributed by atoms with Crippen molar-refractivity contribution in [1.82, 2.24) is 20.5 Å². The van der Waals surface area contributed by atoms with Crippen LogP contribution in [0.25, 0.3) is 0 Å². The number of nitrogens with one attached hydrogen (secondary N) is 4. The number of aliphatic carboxylic acids is 1. The van der Waals surface area contributed by atoms with Gasteiger partial charge in [-0.05, 0) is 69.7 Å². The molecule has 12 heteroatoms. The van der Waals surface area contributed by atoms with Gasteiger partial charge in [0.15, 0.2) is 0 Å². The first-order valence-corrected chi connectivity index (χ1v) is 13.7. The second-order valence-electron chi connectivity index (χ2n) is 9.29. The Bertz CT molecular complexity index is 1180. The normalized spacial score (nSPS) is 17.2. The number of rotatable bonds is 13. The van der Waals surface area contributed by atoms with Gasteiger partial charge in [-0.2, -0.15) is 10.2 Å². The molecule has 0 aliphatic carbocycles. The van der Waals surface area contributed by atoms with Crippen LogP contribution in [-0.4, -0.2) is 55.2 Å². The highest BCUT2D eigenvalue weighted by atomic mass is 32.2. The molecule has 37 heavy (non-hydrogen) atoms. The van der Waals surface area contributed by atoms with Gasteiger partial charge in [-0.15, -0.1) is 0 Å². The molecular weight excluding hydrogens is 498 g/mol. The first-order chi connectivity index (χ1) is 17.5. The van der Waals surface area contributed by atoms with Crippen molar-refractivity contribution >= 4 is 27.7 Å². The Morgan fingerprint density at radius 1 is 1.16 bits per heavy atom. The van der Waals surface area contributed by atoms with E-state index in [0.717, 1.165) is 11.4 Å². The molecule has 2 atom stereocenters. The predicted octanol–water partition coefficient (Wildman–Crippen LogP) is 2.15. The SMILES string of the molecule is Cc1cc(C)c(S(=O)(=O)NC(CCCCCNc2ccccn2)(NC(=O)C2CCON2)C(=O)O)c(C)c1. The fraction of sp³-hybridized carbons (Fsp3) is 0.480. The van der Waals surface area contributed by atoms with Gasteiger partial charge in [-0.1, -0.05) is 30.2 Å². The number of aryl methyl sites for hydroxylation is 3. The number of aromatic nitrogens is 1. The Kier molecular flexibility index (Phi) is 9.60. The van der Waals surface area contributed by atoms with Crippen molar-refractivity contribution in [3.05, 3.63) is 53.2 Å². The lowest BCUT2D eigenvalue weighted by Gasteiger charge is -2.32. The maximum Gasteiger partial charge on any atom is 0.345 e. The van der Waals surface area contributed by atoms with Crippen molar-refractivity contribution in [3.8, 4) is 0 Å². The third kappa shape index (κ3) is 7.48. The number of benzene rings is 1. The fourth-order valence-electron chi connectivity index (χ4n) is 4.47. The molecule has 11 nitrogen and oxygen atoms in total. The van der Waals surface area contributed by atoms with Crippen LogP contribution in [0.2, 0.25) is 0 Å². The van der Waals surface area contributed by atoms with Gasteiger partial charge in [0.05, 0.1) is 11.5 Å². The molecule has 0 radical (unpaired) electrons. The van der Waals surface area contributed by atoms with Crippen molar-refractivity contribution in [3.63, 3.8) is 0 Å². The molecule has 1 aliphatic rings. The molecule has 0 spiro atoms. The van der Waals surface area contributed by atoms with Crippen LogP contribution in [0, 0.1) is 20.8 Å². The summed E-state index contributed by atoms with van der Waals surface area (Å²) in [5, 5.41) is 15.9. The van der Waals surface area contributed by atoms with Gasteiger partial charge in [-0.25, -0.2) is 18.2 Å². The summed E-state index contributed by atoms with van der Waals surface area (Å²) in [5.74, 6) is -1.41.